The maximum absolute atomic E-state index is 3.75. The largest absolute Gasteiger partial charge is 0.388 e. The maximum atomic E-state index is 3.75. The zero-order valence-corrected chi connectivity index (χ0v) is 7.65. The van der Waals surface area contributed by atoms with Crippen molar-refractivity contribution in [2.75, 3.05) is 7.05 Å². The van der Waals surface area contributed by atoms with Gasteiger partial charge in [-0.05, 0) is 25.0 Å². The summed E-state index contributed by atoms with van der Waals surface area (Å²) in [6, 6.07) is 0. The van der Waals surface area contributed by atoms with Gasteiger partial charge in [0.25, 0.3) is 0 Å². The van der Waals surface area contributed by atoms with Crippen LogP contribution >= 0.6 is 0 Å². The fourth-order valence-corrected chi connectivity index (χ4v) is 0.962. The van der Waals surface area contributed by atoms with Crippen LogP contribution in [0, 0.1) is 0 Å². The van der Waals surface area contributed by atoms with Crippen LogP contribution in [-0.4, -0.2) is 7.05 Å². The van der Waals surface area contributed by atoms with E-state index in [1.54, 1.807) is 0 Å². The number of allylic oxidation sites excluding steroid dienone is 4. The van der Waals surface area contributed by atoms with Gasteiger partial charge in [-0.15, -0.1) is 0 Å². The summed E-state index contributed by atoms with van der Waals surface area (Å²) in [4.78, 5) is 0. The van der Waals surface area contributed by atoms with Crippen molar-refractivity contribution in [1.82, 2.24) is 5.32 Å². The minimum Gasteiger partial charge on any atom is -0.388 e. The molecule has 0 fully saturated rings. The highest BCUT2D eigenvalue weighted by Gasteiger charge is 1.93. The third-order valence-electron chi connectivity index (χ3n) is 1.58. The molecule has 0 aromatic rings. The Labute approximate surface area is 69.5 Å². The molecule has 62 valence electrons. The fourth-order valence-electron chi connectivity index (χ4n) is 0.962. The van der Waals surface area contributed by atoms with E-state index >= 15 is 0 Å². The molecule has 1 heteroatoms. The SMILES string of the molecule is C=C/C(CC)=C(\C=C/C)NC. The van der Waals surface area contributed by atoms with Gasteiger partial charge in [-0.3, -0.25) is 0 Å². The predicted octanol–water partition coefficient (Wildman–Crippen LogP) is 2.63. The van der Waals surface area contributed by atoms with Gasteiger partial charge in [-0.25, -0.2) is 0 Å². The Morgan fingerprint density at radius 1 is 1.55 bits per heavy atom. The Balaban J connectivity index is 4.61. The molecule has 0 saturated heterocycles. The minimum absolute atomic E-state index is 1.02. The molecule has 0 aliphatic rings. The van der Waals surface area contributed by atoms with Crippen LogP contribution in [0.5, 0.6) is 0 Å². The molecule has 0 radical (unpaired) electrons. The lowest BCUT2D eigenvalue weighted by molar-refractivity contribution is 0.977. The summed E-state index contributed by atoms with van der Waals surface area (Å²) < 4.78 is 0. The van der Waals surface area contributed by atoms with Gasteiger partial charge >= 0.3 is 0 Å². The number of nitrogens with one attached hydrogen (secondary N) is 1. The second kappa shape index (κ2) is 5.78. The van der Waals surface area contributed by atoms with Gasteiger partial charge < -0.3 is 5.32 Å². The topological polar surface area (TPSA) is 12.0 Å². The second-order valence-corrected chi connectivity index (χ2v) is 2.25. The fraction of sp³-hybridized carbons (Fsp3) is 0.400. The molecule has 0 atom stereocenters. The molecule has 0 amide bonds. The smallest absolute Gasteiger partial charge is 0.0366 e. The van der Waals surface area contributed by atoms with Crippen LogP contribution in [0.3, 0.4) is 0 Å². The molecule has 0 bridgehead atoms. The average molecular weight is 151 g/mol. The molecule has 0 aliphatic heterocycles. The summed E-state index contributed by atoms with van der Waals surface area (Å²) in [7, 11) is 1.93. The quantitative estimate of drug-likeness (QED) is 0.609. The molecule has 0 rings (SSSR count). The van der Waals surface area contributed by atoms with E-state index in [-0.39, 0.29) is 0 Å². The number of hydrogen-bond acceptors (Lipinski definition) is 1. The van der Waals surface area contributed by atoms with Crippen molar-refractivity contribution in [3.63, 3.8) is 0 Å². The van der Waals surface area contributed by atoms with Crippen molar-refractivity contribution >= 4 is 0 Å². The van der Waals surface area contributed by atoms with Crippen molar-refractivity contribution < 1.29 is 0 Å². The summed E-state index contributed by atoms with van der Waals surface area (Å²) >= 11 is 0. The first-order chi connectivity index (χ1) is 5.29. The van der Waals surface area contributed by atoms with Gasteiger partial charge in [0.05, 0.1) is 0 Å². The van der Waals surface area contributed by atoms with E-state index < -0.39 is 0 Å². The molecule has 0 aromatic carbocycles. The van der Waals surface area contributed by atoms with Crippen molar-refractivity contribution in [3.8, 4) is 0 Å². The normalized spacial score (nSPS) is 13.0. The van der Waals surface area contributed by atoms with E-state index in [4.69, 9.17) is 0 Å². The van der Waals surface area contributed by atoms with Crippen LogP contribution in [0.25, 0.3) is 0 Å². The summed E-state index contributed by atoms with van der Waals surface area (Å²) in [6.45, 7) is 7.88. The number of hydrogen-bond donors (Lipinski definition) is 1. The number of rotatable bonds is 4. The lowest BCUT2D eigenvalue weighted by Crippen LogP contribution is -2.05. The lowest BCUT2D eigenvalue weighted by Gasteiger charge is -2.05. The minimum atomic E-state index is 1.02. The highest BCUT2D eigenvalue weighted by Crippen LogP contribution is 2.07. The highest BCUT2D eigenvalue weighted by atomic mass is 14.8. The van der Waals surface area contributed by atoms with Gasteiger partial charge in [-0.1, -0.05) is 25.7 Å². The first-order valence-corrected chi connectivity index (χ1v) is 3.96. The Kier molecular flexibility index (Phi) is 5.26. The first-order valence-electron chi connectivity index (χ1n) is 3.96. The van der Waals surface area contributed by atoms with Crippen LogP contribution in [-0.2, 0) is 0 Å². The Hall–Kier alpha value is -0.980. The summed E-state index contributed by atoms with van der Waals surface area (Å²) in [5, 5.41) is 3.13. The van der Waals surface area contributed by atoms with Crippen molar-refractivity contribution in [2.45, 2.75) is 20.3 Å². The van der Waals surface area contributed by atoms with Gasteiger partial charge in [0.2, 0.25) is 0 Å². The molecule has 0 aromatic heterocycles. The van der Waals surface area contributed by atoms with Gasteiger partial charge in [0, 0.05) is 12.7 Å². The van der Waals surface area contributed by atoms with Gasteiger partial charge in [0.15, 0.2) is 0 Å². The molecular formula is C10H17N. The zero-order chi connectivity index (χ0) is 8.69. The van der Waals surface area contributed by atoms with E-state index in [1.165, 1.54) is 5.57 Å². The monoisotopic (exact) mass is 151 g/mol. The third kappa shape index (κ3) is 3.08. The Morgan fingerprint density at radius 2 is 2.18 bits per heavy atom. The maximum Gasteiger partial charge on any atom is 0.0366 e. The van der Waals surface area contributed by atoms with Crippen molar-refractivity contribution in [1.29, 1.82) is 0 Å². The van der Waals surface area contributed by atoms with Crippen molar-refractivity contribution in [3.05, 3.63) is 36.1 Å². The summed E-state index contributed by atoms with van der Waals surface area (Å²) in [5.74, 6) is 0. The summed E-state index contributed by atoms with van der Waals surface area (Å²) in [5.41, 5.74) is 2.41. The van der Waals surface area contributed by atoms with Gasteiger partial charge in [-0.2, -0.15) is 0 Å². The van der Waals surface area contributed by atoms with Crippen LogP contribution in [0.2, 0.25) is 0 Å². The predicted molar refractivity (Wildman–Crippen MR) is 51.4 cm³/mol. The molecule has 0 aliphatic carbocycles. The zero-order valence-electron chi connectivity index (χ0n) is 7.65. The molecule has 0 heterocycles. The van der Waals surface area contributed by atoms with Crippen LogP contribution < -0.4 is 5.32 Å². The third-order valence-corrected chi connectivity index (χ3v) is 1.58. The molecule has 0 saturated carbocycles. The van der Waals surface area contributed by atoms with Crippen LogP contribution in [0.15, 0.2) is 36.1 Å². The molecule has 0 unspecified atom stereocenters. The molecule has 1 N–H and O–H groups in total. The van der Waals surface area contributed by atoms with Crippen LogP contribution in [0.4, 0.5) is 0 Å². The number of likely N-dealkylation sites (N-methyl/N-ethyl adjacent to an activating group) is 1. The van der Waals surface area contributed by atoms with E-state index in [2.05, 4.69) is 24.9 Å². The standard InChI is InChI=1S/C10H17N/c1-5-8-10(11-4)9(6-2)7-3/h5-6,8,11H,2,7H2,1,3-4H3/b8-5-,10-9-. The van der Waals surface area contributed by atoms with Gasteiger partial charge in [0.1, 0.15) is 0 Å². The highest BCUT2D eigenvalue weighted by molar-refractivity contribution is 5.30. The van der Waals surface area contributed by atoms with E-state index in [1.807, 2.05) is 26.1 Å². The second-order valence-electron chi connectivity index (χ2n) is 2.25. The lowest BCUT2D eigenvalue weighted by atomic mass is 10.1. The van der Waals surface area contributed by atoms with E-state index in [0.29, 0.717) is 0 Å². The molecule has 0 spiro atoms. The van der Waals surface area contributed by atoms with Crippen molar-refractivity contribution in [2.24, 2.45) is 0 Å². The Bertz CT molecular complexity index is 175. The molecule has 1 nitrogen and oxygen atoms in total. The molecular weight excluding hydrogens is 134 g/mol. The van der Waals surface area contributed by atoms with E-state index in [9.17, 15) is 0 Å². The Morgan fingerprint density at radius 3 is 2.45 bits per heavy atom. The van der Waals surface area contributed by atoms with Crippen LogP contribution in [0.1, 0.15) is 20.3 Å². The average Bonchev–Trinajstić information content (AvgIpc) is 2.05. The van der Waals surface area contributed by atoms with E-state index in [0.717, 1.165) is 12.1 Å². The summed E-state index contributed by atoms with van der Waals surface area (Å²) in [6.07, 6.45) is 6.99. The molecule has 11 heavy (non-hydrogen) atoms. The first kappa shape index (κ1) is 10.0.